The minimum absolute atomic E-state index is 0.809. The number of thioether (sulfide) groups is 1. The summed E-state index contributed by atoms with van der Waals surface area (Å²) in [5.74, 6) is 0. The maximum atomic E-state index is 3.78. The van der Waals surface area contributed by atoms with E-state index in [4.69, 9.17) is 0 Å². The molecule has 4 unspecified atom stereocenters. The van der Waals surface area contributed by atoms with Gasteiger partial charge in [-0.1, -0.05) is 13.3 Å². The van der Waals surface area contributed by atoms with Crippen LogP contribution < -0.4 is 5.32 Å². The number of hydrogen-bond donors (Lipinski definition) is 1. The first kappa shape index (κ1) is 15.2. The van der Waals surface area contributed by atoms with E-state index < -0.39 is 0 Å². The van der Waals surface area contributed by atoms with Gasteiger partial charge in [0.1, 0.15) is 0 Å². The van der Waals surface area contributed by atoms with Gasteiger partial charge in [0.05, 0.1) is 0 Å². The summed E-state index contributed by atoms with van der Waals surface area (Å²) >= 11 is 2.11. The largest absolute Gasteiger partial charge is 0.314 e. The minimum atomic E-state index is 0.809. The summed E-state index contributed by atoms with van der Waals surface area (Å²) in [4.78, 5) is 2.98. The predicted molar refractivity (Wildman–Crippen MR) is 89.5 cm³/mol. The van der Waals surface area contributed by atoms with Gasteiger partial charge in [0.15, 0.2) is 0 Å². The molecule has 0 aromatic heterocycles. The van der Waals surface area contributed by atoms with Crippen LogP contribution in [0.1, 0.15) is 64.7 Å². The molecule has 0 radical (unpaired) electrons. The van der Waals surface area contributed by atoms with E-state index in [1.54, 1.807) is 0 Å². The number of nitrogens with one attached hydrogen (secondary N) is 1. The van der Waals surface area contributed by atoms with Crippen molar-refractivity contribution >= 4 is 11.8 Å². The maximum Gasteiger partial charge on any atom is 0.0116 e. The van der Waals surface area contributed by atoms with Crippen molar-refractivity contribution in [2.45, 2.75) is 94.1 Å². The number of fused-ring (bicyclic) bond motifs is 2. The Hall–Kier alpha value is 0.270. The van der Waals surface area contributed by atoms with E-state index >= 15 is 0 Å². The molecule has 20 heavy (non-hydrogen) atoms. The van der Waals surface area contributed by atoms with Crippen LogP contribution >= 0.6 is 11.8 Å². The highest BCUT2D eigenvalue weighted by atomic mass is 32.2. The molecule has 2 saturated heterocycles. The van der Waals surface area contributed by atoms with Crippen LogP contribution in [0.15, 0.2) is 0 Å². The Morgan fingerprint density at radius 3 is 2.35 bits per heavy atom. The Bertz CT molecular complexity index is 295. The standard InChI is InChI=1S/C17H32N2S/c1-3-9-18-13-10-15-7-8-16(11-13)19(15)14-5-4-6-17(12-14)20-2/h13-18H,3-12H2,1-2H3. The lowest BCUT2D eigenvalue weighted by atomic mass is 9.88. The highest BCUT2D eigenvalue weighted by Gasteiger charge is 2.44. The average Bonchev–Trinajstić information content (AvgIpc) is 2.76. The van der Waals surface area contributed by atoms with Gasteiger partial charge >= 0.3 is 0 Å². The molecule has 116 valence electrons. The molecule has 0 spiro atoms. The molecule has 4 atom stereocenters. The first-order valence-corrected chi connectivity index (χ1v) is 10.1. The Morgan fingerprint density at radius 1 is 1.00 bits per heavy atom. The third-order valence-corrected chi connectivity index (χ3v) is 6.92. The van der Waals surface area contributed by atoms with E-state index in [0.717, 1.165) is 29.4 Å². The summed E-state index contributed by atoms with van der Waals surface area (Å²) in [5.41, 5.74) is 0. The predicted octanol–water partition coefficient (Wildman–Crippen LogP) is 3.66. The van der Waals surface area contributed by atoms with E-state index in [0.29, 0.717) is 0 Å². The van der Waals surface area contributed by atoms with Crippen LogP contribution in [0.2, 0.25) is 0 Å². The van der Waals surface area contributed by atoms with Crippen LogP contribution in [-0.4, -0.2) is 47.1 Å². The molecule has 2 nitrogen and oxygen atoms in total. The van der Waals surface area contributed by atoms with Crippen molar-refractivity contribution in [3.63, 3.8) is 0 Å². The molecule has 1 N–H and O–H groups in total. The van der Waals surface area contributed by atoms with Gasteiger partial charge in [-0.3, -0.25) is 4.90 Å². The maximum absolute atomic E-state index is 3.78. The summed E-state index contributed by atoms with van der Waals surface area (Å²) in [6, 6.07) is 3.51. The third kappa shape index (κ3) is 3.20. The molecule has 1 saturated carbocycles. The first-order chi connectivity index (χ1) is 9.81. The molecule has 3 heteroatoms. The Labute approximate surface area is 129 Å². The number of hydrogen-bond acceptors (Lipinski definition) is 3. The van der Waals surface area contributed by atoms with Crippen molar-refractivity contribution < 1.29 is 0 Å². The summed E-state index contributed by atoms with van der Waals surface area (Å²) in [7, 11) is 0. The van der Waals surface area contributed by atoms with Gasteiger partial charge in [-0.2, -0.15) is 11.8 Å². The SMILES string of the molecule is CCCNC1CC2CCC(C1)N2C1CCCC(SC)C1. The lowest BCUT2D eigenvalue weighted by Gasteiger charge is -2.46. The lowest BCUT2D eigenvalue weighted by Crippen LogP contribution is -2.54. The molecule has 2 heterocycles. The monoisotopic (exact) mass is 296 g/mol. The molecule has 2 bridgehead atoms. The van der Waals surface area contributed by atoms with Gasteiger partial charge in [-0.05, 0) is 64.2 Å². The highest BCUT2D eigenvalue weighted by Crippen LogP contribution is 2.41. The van der Waals surface area contributed by atoms with Crippen molar-refractivity contribution in [1.82, 2.24) is 10.2 Å². The van der Waals surface area contributed by atoms with Gasteiger partial charge in [0.25, 0.3) is 0 Å². The first-order valence-electron chi connectivity index (χ1n) is 8.85. The fourth-order valence-electron chi connectivity index (χ4n) is 4.93. The number of nitrogens with zero attached hydrogens (tertiary/aromatic N) is 1. The van der Waals surface area contributed by atoms with Crippen LogP contribution in [0.5, 0.6) is 0 Å². The Kier molecular flexibility index (Phi) is 5.33. The van der Waals surface area contributed by atoms with Crippen molar-refractivity contribution in [2.75, 3.05) is 12.8 Å². The van der Waals surface area contributed by atoms with Crippen LogP contribution in [0.4, 0.5) is 0 Å². The summed E-state index contributed by atoms with van der Waals surface area (Å²) < 4.78 is 0. The molecule has 3 aliphatic rings. The van der Waals surface area contributed by atoms with E-state index in [1.807, 2.05) is 0 Å². The van der Waals surface area contributed by atoms with Gasteiger partial charge in [0.2, 0.25) is 0 Å². The zero-order valence-electron chi connectivity index (χ0n) is 13.3. The molecular weight excluding hydrogens is 264 g/mol. The zero-order chi connectivity index (χ0) is 13.9. The molecule has 2 aliphatic heterocycles. The van der Waals surface area contributed by atoms with Crippen molar-refractivity contribution in [1.29, 1.82) is 0 Å². The topological polar surface area (TPSA) is 15.3 Å². The fraction of sp³-hybridized carbons (Fsp3) is 1.00. The van der Waals surface area contributed by atoms with E-state index in [1.165, 1.54) is 64.3 Å². The second-order valence-corrected chi connectivity index (χ2v) is 8.27. The number of piperidine rings is 1. The average molecular weight is 297 g/mol. The fourth-order valence-corrected chi connectivity index (χ4v) is 5.75. The second-order valence-electron chi connectivity index (χ2n) is 7.13. The smallest absolute Gasteiger partial charge is 0.0116 e. The summed E-state index contributed by atoms with van der Waals surface area (Å²) in [5, 5.41) is 4.72. The molecular formula is C17H32N2S. The molecule has 3 rings (SSSR count). The van der Waals surface area contributed by atoms with Crippen molar-refractivity contribution in [3.05, 3.63) is 0 Å². The molecule has 1 aliphatic carbocycles. The van der Waals surface area contributed by atoms with Crippen molar-refractivity contribution in [3.8, 4) is 0 Å². The lowest BCUT2D eigenvalue weighted by molar-refractivity contribution is 0.0528. The molecule has 0 aromatic rings. The van der Waals surface area contributed by atoms with Gasteiger partial charge < -0.3 is 5.32 Å². The quantitative estimate of drug-likeness (QED) is 0.833. The van der Waals surface area contributed by atoms with Crippen LogP contribution in [-0.2, 0) is 0 Å². The van der Waals surface area contributed by atoms with Crippen molar-refractivity contribution in [2.24, 2.45) is 0 Å². The van der Waals surface area contributed by atoms with Gasteiger partial charge in [-0.25, -0.2) is 0 Å². The van der Waals surface area contributed by atoms with Crippen LogP contribution in [0.3, 0.4) is 0 Å². The van der Waals surface area contributed by atoms with Crippen LogP contribution in [0.25, 0.3) is 0 Å². The van der Waals surface area contributed by atoms with Crippen LogP contribution in [0, 0.1) is 0 Å². The number of rotatable bonds is 5. The van der Waals surface area contributed by atoms with E-state index in [-0.39, 0.29) is 0 Å². The van der Waals surface area contributed by atoms with Gasteiger partial charge in [0, 0.05) is 29.4 Å². The molecule has 0 amide bonds. The normalized spacial score (nSPS) is 42.0. The zero-order valence-corrected chi connectivity index (χ0v) is 14.1. The third-order valence-electron chi connectivity index (χ3n) is 5.83. The summed E-state index contributed by atoms with van der Waals surface area (Å²) in [6.45, 7) is 3.49. The second kappa shape index (κ2) is 7.02. The molecule has 3 fully saturated rings. The highest BCUT2D eigenvalue weighted by molar-refractivity contribution is 7.99. The Morgan fingerprint density at radius 2 is 1.70 bits per heavy atom. The minimum Gasteiger partial charge on any atom is -0.314 e. The molecule has 0 aromatic carbocycles. The Balaban J connectivity index is 1.59. The summed E-state index contributed by atoms with van der Waals surface area (Å²) in [6.07, 6.45) is 15.2. The van der Waals surface area contributed by atoms with Gasteiger partial charge in [-0.15, -0.1) is 0 Å². The van der Waals surface area contributed by atoms with E-state index in [2.05, 4.69) is 35.2 Å². The van der Waals surface area contributed by atoms with E-state index in [9.17, 15) is 0 Å².